The summed E-state index contributed by atoms with van der Waals surface area (Å²) < 4.78 is 0. The first-order valence-corrected chi connectivity index (χ1v) is 12.0. The van der Waals surface area contributed by atoms with Crippen molar-refractivity contribution in [3.05, 3.63) is 76.5 Å². The molecule has 1 saturated heterocycles. The number of fused-ring (bicyclic) bond motifs is 1. The van der Waals surface area contributed by atoms with Crippen molar-refractivity contribution in [1.82, 2.24) is 15.3 Å². The highest BCUT2D eigenvalue weighted by Crippen LogP contribution is 2.37. The second kappa shape index (κ2) is 10.1. The summed E-state index contributed by atoms with van der Waals surface area (Å²) in [6, 6.07) is 14.8. The van der Waals surface area contributed by atoms with E-state index in [2.05, 4.69) is 77.0 Å². The van der Waals surface area contributed by atoms with E-state index >= 15 is 0 Å². The maximum Gasteiger partial charge on any atom is 0.221 e. The van der Waals surface area contributed by atoms with Gasteiger partial charge < -0.3 is 15.4 Å². The smallest absolute Gasteiger partial charge is 0.221 e. The van der Waals surface area contributed by atoms with Gasteiger partial charge in [0.1, 0.15) is 6.23 Å². The van der Waals surface area contributed by atoms with Crippen LogP contribution in [0, 0.1) is 13.8 Å². The van der Waals surface area contributed by atoms with E-state index in [1.165, 1.54) is 18.1 Å². The Bertz CT molecular complexity index is 1020. The van der Waals surface area contributed by atoms with Crippen LogP contribution in [0.4, 0.5) is 5.69 Å². The molecule has 33 heavy (non-hydrogen) atoms. The van der Waals surface area contributed by atoms with Crippen LogP contribution >= 0.6 is 0 Å². The lowest BCUT2D eigenvalue weighted by Crippen LogP contribution is -2.58. The van der Waals surface area contributed by atoms with Gasteiger partial charge in [0, 0.05) is 25.7 Å². The Morgan fingerprint density at radius 1 is 1.15 bits per heavy atom. The summed E-state index contributed by atoms with van der Waals surface area (Å²) in [7, 11) is 0. The Morgan fingerprint density at radius 3 is 2.58 bits per heavy atom. The van der Waals surface area contributed by atoms with Crippen molar-refractivity contribution in [3.8, 4) is 0 Å². The van der Waals surface area contributed by atoms with Gasteiger partial charge in [0.25, 0.3) is 0 Å². The van der Waals surface area contributed by atoms with Crippen LogP contribution < -0.4 is 10.7 Å². The zero-order valence-corrected chi connectivity index (χ0v) is 20.1. The molecular weight excluding hydrogens is 412 g/mol. The predicted octanol–water partition coefficient (Wildman–Crippen LogP) is 4.40. The molecule has 2 aliphatic rings. The number of rotatable bonds is 7. The number of nitrogens with one attached hydrogen (secondary N) is 2. The number of piperazine rings is 1. The molecule has 0 saturated carbocycles. The maximum absolute atomic E-state index is 11.8. The standard InChI is InChI=1S/C27H36N4O2/c1-5-6-7-22-17-30(16-21-11-8-18(2)9-12-21)27(33)26-15-25(29-31(22)26)23-13-10-19(3)14-24(23)28-20(4)32/h8-15,22,25,27,29,33H,5-7,16-17H2,1-4H3,(H,28,32). The van der Waals surface area contributed by atoms with Crippen molar-refractivity contribution in [2.75, 3.05) is 11.9 Å². The van der Waals surface area contributed by atoms with E-state index in [-0.39, 0.29) is 18.0 Å². The Kier molecular flexibility index (Phi) is 7.17. The quantitative estimate of drug-likeness (QED) is 0.586. The van der Waals surface area contributed by atoms with E-state index < -0.39 is 6.23 Å². The van der Waals surface area contributed by atoms with E-state index in [0.29, 0.717) is 6.54 Å². The topological polar surface area (TPSA) is 67.8 Å². The van der Waals surface area contributed by atoms with Crippen LogP contribution in [0.2, 0.25) is 0 Å². The highest BCUT2D eigenvalue weighted by Gasteiger charge is 2.41. The number of benzene rings is 2. The van der Waals surface area contributed by atoms with Gasteiger partial charge in [0.2, 0.25) is 5.91 Å². The zero-order chi connectivity index (χ0) is 23.5. The van der Waals surface area contributed by atoms with Crippen molar-refractivity contribution < 1.29 is 9.90 Å². The molecule has 1 amide bonds. The van der Waals surface area contributed by atoms with Crippen LogP contribution in [0.25, 0.3) is 0 Å². The molecule has 2 aliphatic heterocycles. The lowest BCUT2D eigenvalue weighted by Gasteiger charge is -2.45. The molecule has 176 valence electrons. The number of carbonyl (C=O) groups is 1. The Hall–Kier alpha value is -2.67. The Labute approximate surface area is 197 Å². The fraction of sp³-hybridized carbons (Fsp3) is 0.444. The molecule has 4 rings (SSSR count). The van der Waals surface area contributed by atoms with E-state index in [1.807, 2.05) is 13.0 Å². The number of hydrogen-bond donors (Lipinski definition) is 3. The minimum atomic E-state index is -0.684. The van der Waals surface area contributed by atoms with Gasteiger partial charge in [-0.2, -0.15) is 0 Å². The first-order valence-electron chi connectivity index (χ1n) is 12.0. The molecule has 6 nitrogen and oxygen atoms in total. The number of amides is 1. The molecule has 2 heterocycles. The molecular formula is C27H36N4O2. The van der Waals surface area contributed by atoms with Crippen molar-refractivity contribution >= 4 is 11.6 Å². The second-order valence-corrected chi connectivity index (χ2v) is 9.42. The minimum absolute atomic E-state index is 0.0876. The molecule has 3 atom stereocenters. The summed E-state index contributed by atoms with van der Waals surface area (Å²) in [6.45, 7) is 9.36. The molecule has 1 fully saturated rings. The number of aliphatic hydroxyl groups is 1. The SMILES string of the molecule is CCCCC1CN(Cc2ccc(C)cc2)C(O)C2=CC(c3ccc(C)cc3NC(C)=O)NN21. The largest absolute Gasteiger partial charge is 0.372 e. The van der Waals surface area contributed by atoms with Gasteiger partial charge in [-0.15, -0.1) is 0 Å². The highest BCUT2D eigenvalue weighted by atomic mass is 16.3. The lowest BCUT2D eigenvalue weighted by molar-refractivity contribution is -0.114. The van der Waals surface area contributed by atoms with Crippen LogP contribution in [-0.4, -0.2) is 39.7 Å². The molecule has 0 bridgehead atoms. The number of hydrogen-bond acceptors (Lipinski definition) is 5. The van der Waals surface area contributed by atoms with Gasteiger partial charge in [0.05, 0.1) is 17.8 Å². The van der Waals surface area contributed by atoms with Gasteiger partial charge in [-0.1, -0.05) is 61.7 Å². The summed E-state index contributed by atoms with van der Waals surface area (Å²) in [5, 5.41) is 16.5. The summed E-state index contributed by atoms with van der Waals surface area (Å²) in [6.07, 6.45) is 4.75. The third-order valence-electron chi connectivity index (χ3n) is 6.57. The minimum Gasteiger partial charge on any atom is -0.372 e. The monoisotopic (exact) mass is 448 g/mol. The number of hydrazine groups is 1. The molecule has 0 aromatic heterocycles. The van der Waals surface area contributed by atoms with Crippen LogP contribution in [0.1, 0.15) is 61.4 Å². The van der Waals surface area contributed by atoms with Crippen molar-refractivity contribution in [3.63, 3.8) is 0 Å². The average molecular weight is 449 g/mol. The van der Waals surface area contributed by atoms with Gasteiger partial charge in [-0.05, 0) is 49.1 Å². The van der Waals surface area contributed by atoms with Gasteiger partial charge in [-0.25, -0.2) is 5.43 Å². The van der Waals surface area contributed by atoms with Crippen LogP contribution in [0.5, 0.6) is 0 Å². The number of anilines is 1. The maximum atomic E-state index is 11.8. The lowest BCUT2D eigenvalue weighted by atomic mass is 10.0. The van der Waals surface area contributed by atoms with Gasteiger partial charge in [0.15, 0.2) is 0 Å². The average Bonchev–Trinajstić information content (AvgIpc) is 3.22. The number of carbonyl (C=O) groups excluding carboxylic acids is 1. The van der Waals surface area contributed by atoms with E-state index in [0.717, 1.165) is 48.3 Å². The van der Waals surface area contributed by atoms with Crippen molar-refractivity contribution in [1.29, 1.82) is 0 Å². The normalized spacial score (nSPS) is 22.8. The summed E-state index contributed by atoms with van der Waals surface area (Å²) in [5.74, 6) is -0.0876. The predicted molar refractivity (Wildman–Crippen MR) is 132 cm³/mol. The molecule has 0 spiro atoms. The number of aryl methyl sites for hydroxylation is 2. The molecule has 2 aromatic carbocycles. The molecule has 6 heteroatoms. The molecule has 0 radical (unpaired) electrons. The zero-order valence-electron chi connectivity index (χ0n) is 20.1. The summed E-state index contributed by atoms with van der Waals surface area (Å²) >= 11 is 0. The van der Waals surface area contributed by atoms with E-state index in [1.54, 1.807) is 0 Å². The van der Waals surface area contributed by atoms with Crippen molar-refractivity contribution in [2.45, 2.75) is 71.8 Å². The number of aliphatic hydroxyl groups excluding tert-OH is 1. The van der Waals surface area contributed by atoms with Crippen LogP contribution in [0.3, 0.4) is 0 Å². The third-order valence-corrected chi connectivity index (χ3v) is 6.57. The van der Waals surface area contributed by atoms with Crippen LogP contribution in [-0.2, 0) is 11.3 Å². The first kappa shape index (κ1) is 23.5. The Morgan fingerprint density at radius 2 is 1.88 bits per heavy atom. The molecule has 0 aliphatic carbocycles. The van der Waals surface area contributed by atoms with E-state index in [9.17, 15) is 9.90 Å². The van der Waals surface area contributed by atoms with Gasteiger partial charge >= 0.3 is 0 Å². The second-order valence-electron chi connectivity index (χ2n) is 9.42. The summed E-state index contributed by atoms with van der Waals surface area (Å²) in [4.78, 5) is 14.0. The third kappa shape index (κ3) is 5.29. The van der Waals surface area contributed by atoms with Gasteiger partial charge in [-0.3, -0.25) is 9.69 Å². The number of unbranched alkanes of at least 4 members (excludes halogenated alkanes) is 1. The first-order chi connectivity index (χ1) is 15.9. The molecule has 3 N–H and O–H groups in total. The van der Waals surface area contributed by atoms with E-state index in [4.69, 9.17) is 0 Å². The molecule has 2 aromatic rings. The Balaban J connectivity index is 1.62. The van der Waals surface area contributed by atoms with Crippen molar-refractivity contribution in [2.24, 2.45) is 0 Å². The fourth-order valence-electron chi connectivity index (χ4n) is 4.82. The fourth-order valence-corrected chi connectivity index (χ4v) is 4.82. The molecule has 3 unspecified atom stereocenters. The summed E-state index contributed by atoms with van der Waals surface area (Å²) in [5.41, 5.74) is 9.88. The highest BCUT2D eigenvalue weighted by molar-refractivity contribution is 5.89. The number of nitrogens with zero attached hydrogens (tertiary/aromatic N) is 2. The van der Waals surface area contributed by atoms with Crippen LogP contribution in [0.15, 0.2) is 54.2 Å².